The van der Waals surface area contributed by atoms with Crippen LogP contribution in [-0.2, 0) is 6.54 Å². The van der Waals surface area contributed by atoms with Gasteiger partial charge in [-0.25, -0.2) is 4.98 Å². The Labute approximate surface area is 116 Å². The molecule has 2 N–H and O–H groups in total. The highest BCUT2D eigenvalue weighted by atomic mass is 35.5. The molecule has 0 aliphatic heterocycles. The second-order valence-electron chi connectivity index (χ2n) is 4.41. The topological polar surface area (TPSA) is 43.8 Å². The average Bonchev–Trinajstić information content (AvgIpc) is 2.79. The molecule has 0 saturated carbocycles. The zero-order valence-corrected chi connectivity index (χ0v) is 11.4. The number of aromatic nitrogens is 2. The van der Waals surface area contributed by atoms with Crippen molar-refractivity contribution in [2.24, 2.45) is 0 Å². The number of nitrogens with zero attached hydrogens (tertiary/aromatic N) is 2. The number of hydrogen-bond donors (Lipinski definition) is 1. The molecule has 3 rings (SSSR count). The van der Waals surface area contributed by atoms with Gasteiger partial charge in [0, 0.05) is 17.8 Å². The van der Waals surface area contributed by atoms with Gasteiger partial charge in [-0.2, -0.15) is 0 Å². The molecule has 2 aromatic carbocycles. The molecule has 0 bridgehead atoms. The Kier molecular flexibility index (Phi) is 2.91. The van der Waals surface area contributed by atoms with E-state index in [9.17, 15) is 0 Å². The lowest BCUT2D eigenvalue weighted by atomic mass is 10.2. The van der Waals surface area contributed by atoms with E-state index in [1.165, 1.54) is 0 Å². The Morgan fingerprint density at radius 1 is 1.21 bits per heavy atom. The number of nitrogen functional groups attached to an aromatic ring is 1. The quantitative estimate of drug-likeness (QED) is 0.717. The summed E-state index contributed by atoms with van der Waals surface area (Å²) in [5.41, 5.74) is 9.50. The molecule has 1 heterocycles. The van der Waals surface area contributed by atoms with Crippen LogP contribution in [0.15, 0.2) is 42.5 Å². The fourth-order valence-electron chi connectivity index (χ4n) is 2.32. The fraction of sp³-hybridized carbons (Fsp3) is 0.133. The molecule has 0 amide bonds. The van der Waals surface area contributed by atoms with Gasteiger partial charge in [-0.3, -0.25) is 0 Å². The van der Waals surface area contributed by atoms with E-state index in [1.807, 2.05) is 30.3 Å². The molecule has 0 saturated heterocycles. The molecular formula is C15H14ClN3. The first kappa shape index (κ1) is 12.1. The van der Waals surface area contributed by atoms with Gasteiger partial charge in [0.15, 0.2) is 0 Å². The molecule has 4 heteroatoms. The molecule has 0 fully saturated rings. The number of halogens is 1. The molecule has 0 unspecified atom stereocenters. The van der Waals surface area contributed by atoms with Gasteiger partial charge in [0.1, 0.15) is 5.82 Å². The molecule has 19 heavy (non-hydrogen) atoms. The summed E-state index contributed by atoms with van der Waals surface area (Å²) in [5, 5.41) is 0.666. The Bertz CT molecular complexity index is 746. The van der Waals surface area contributed by atoms with Gasteiger partial charge >= 0.3 is 0 Å². The lowest BCUT2D eigenvalue weighted by molar-refractivity contribution is 0.796. The standard InChI is InChI=1S/C15H14ClN3/c1-2-19-14-6-4-3-5-13(14)18-15(19)11-9-10(17)7-8-12(11)16/h3-9H,2,17H2,1H3. The van der Waals surface area contributed by atoms with E-state index < -0.39 is 0 Å². The smallest absolute Gasteiger partial charge is 0.142 e. The third-order valence-corrected chi connectivity index (χ3v) is 3.53. The van der Waals surface area contributed by atoms with Gasteiger partial charge in [-0.1, -0.05) is 23.7 Å². The molecule has 0 aliphatic carbocycles. The second-order valence-corrected chi connectivity index (χ2v) is 4.81. The van der Waals surface area contributed by atoms with E-state index in [2.05, 4.69) is 22.5 Å². The maximum absolute atomic E-state index is 6.28. The Morgan fingerprint density at radius 2 is 2.00 bits per heavy atom. The summed E-state index contributed by atoms with van der Waals surface area (Å²) in [6, 6.07) is 13.5. The number of anilines is 1. The third kappa shape index (κ3) is 1.96. The van der Waals surface area contributed by atoms with Crippen molar-refractivity contribution in [3.8, 4) is 11.4 Å². The van der Waals surface area contributed by atoms with Crippen molar-refractivity contribution in [2.75, 3.05) is 5.73 Å². The van der Waals surface area contributed by atoms with E-state index in [4.69, 9.17) is 17.3 Å². The van der Waals surface area contributed by atoms with Gasteiger partial charge in [0.05, 0.1) is 16.1 Å². The highest BCUT2D eigenvalue weighted by molar-refractivity contribution is 6.33. The lowest BCUT2D eigenvalue weighted by Gasteiger charge is -2.08. The zero-order chi connectivity index (χ0) is 13.4. The van der Waals surface area contributed by atoms with Gasteiger partial charge in [0.25, 0.3) is 0 Å². The monoisotopic (exact) mass is 271 g/mol. The summed E-state index contributed by atoms with van der Waals surface area (Å²) in [6.07, 6.45) is 0. The molecule has 3 nitrogen and oxygen atoms in total. The van der Waals surface area contributed by atoms with Crippen molar-refractivity contribution in [2.45, 2.75) is 13.5 Å². The van der Waals surface area contributed by atoms with Crippen LogP contribution in [0.4, 0.5) is 5.69 Å². The van der Waals surface area contributed by atoms with Gasteiger partial charge in [-0.15, -0.1) is 0 Å². The summed E-state index contributed by atoms with van der Waals surface area (Å²) in [5.74, 6) is 0.862. The van der Waals surface area contributed by atoms with Crippen LogP contribution in [0, 0.1) is 0 Å². The Balaban J connectivity index is 2.33. The van der Waals surface area contributed by atoms with E-state index in [0.29, 0.717) is 10.7 Å². The largest absolute Gasteiger partial charge is 0.399 e. The minimum Gasteiger partial charge on any atom is -0.399 e. The summed E-state index contributed by atoms with van der Waals surface area (Å²) in [4.78, 5) is 4.68. The van der Waals surface area contributed by atoms with E-state index in [0.717, 1.165) is 29.0 Å². The normalized spacial score (nSPS) is 11.1. The first-order valence-corrected chi connectivity index (χ1v) is 6.59. The minimum absolute atomic E-state index is 0.666. The molecule has 0 atom stereocenters. The number of fused-ring (bicyclic) bond motifs is 1. The highest BCUT2D eigenvalue weighted by Gasteiger charge is 2.13. The van der Waals surface area contributed by atoms with Crippen LogP contribution < -0.4 is 5.73 Å². The van der Waals surface area contributed by atoms with E-state index >= 15 is 0 Å². The van der Waals surface area contributed by atoms with Gasteiger partial charge in [0.2, 0.25) is 0 Å². The molecule has 0 spiro atoms. The number of rotatable bonds is 2. The van der Waals surface area contributed by atoms with Crippen LogP contribution in [0.5, 0.6) is 0 Å². The van der Waals surface area contributed by atoms with Crippen LogP contribution in [0.3, 0.4) is 0 Å². The van der Waals surface area contributed by atoms with Crippen molar-refractivity contribution in [3.05, 3.63) is 47.5 Å². The van der Waals surface area contributed by atoms with E-state index in [-0.39, 0.29) is 0 Å². The Morgan fingerprint density at radius 3 is 2.79 bits per heavy atom. The summed E-state index contributed by atoms with van der Waals surface area (Å²) in [7, 11) is 0. The van der Waals surface area contributed by atoms with Crippen LogP contribution >= 0.6 is 11.6 Å². The van der Waals surface area contributed by atoms with Crippen molar-refractivity contribution in [1.82, 2.24) is 9.55 Å². The average molecular weight is 272 g/mol. The minimum atomic E-state index is 0.666. The van der Waals surface area contributed by atoms with Crippen LogP contribution in [-0.4, -0.2) is 9.55 Å². The Hall–Kier alpha value is -2.00. The summed E-state index contributed by atoms with van der Waals surface area (Å²) >= 11 is 6.28. The van der Waals surface area contributed by atoms with Crippen LogP contribution in [0.2, 0.25) is 5.02 Å². The molecule has 0 aliphatic rings. The fourth-order valence-corrected chi connectivity index (χ4v) is 2.52. The van der Waals surface area contributed by atoms with Crippen LogP contribution in [0.1, 0.15) is 6.92 Å². The van der Waals surface area contributed by atoms with Crippen molar-refractivity contribution >= 4 is 28.3 Å². The number of nitrogens with two attached hydrogens (primary N) is 1. The second kappa shape index (κ2) is 4.59. The predicted octanol–water partition coefficient (Wildman–Crippen LogP) is 3.96. The van der Waals surface area contributed by atoms with E-state index in [1.54, 1.807) is 6.07 Å². The third-order valence-electron chi connectivity index (χ3n) is 3.20. The molecule has 0 radical (unpaired) electrons. The first-order chi connectivity index (χ1) is 9.20. The van der Waals surface area contributed by atoms with Crippen molar-refractivity contribution in [3.63, 3.8) is 0 Å². The number of hydrogen-bond acceptors (Lipinski definition) is 2. The lowest BCUT2D eigenvalue weighted by Crippen LogP contribution is -1.98. The number of benzene rings is 2. The molecule has 3 aromatic rings. The zero-order valence-electron chi connectivity index (χ0n) is 10.6. The summed E-state index contributed by atoms with van der Waals surface area (Å²) < 4.78 is 2.15. The van der Waals surface area contributed by atoms with Crippen molar-refractivity contribution in [1.29, 1.82) is 0 Å². The van der Waals surface area contributed by atoms with Crippen LogP contribution in [0.25, 0.3) is 22.4 Å². The van der Waals surface area contributed by atoms with Gasteiger partial charge in [-0.05, 0) is 37.3 Å². The maximum atomic E-state index is 6.28. The SMILES string of the molecule is CCn1c(-c2cc(N)ccc2Cl)nc2ccccc21. The predicted molar refractivity (Wildman–Crippen MR) is 80.3 cm³/mol. The van der Waals surface area contributed by atoms with Gasteiger partial charge < -0.3 is 10.3 Å². The molecule has 1 aromatic heterocycles. The highest BCUT2D eigenvalue weighted by Crippen LogP contribution is 2.31. The number of aryl methyl sites for hydroxylation is 1. The summed E-state index contributed by atoms with van der Waals surface area (Å²) in [6.45, 7) is 2.93. The number of para-hydroxylation sites is 2. The number of imidazole rings is 1. The molecular weight excluding hydrogens is 258 g/mol. The molecule has 96 valence electrons. The first-order valence-electron chi connectivity index (χ1n) is 6.21. The maximum Gasteiger partial charge on any atom is 0.142 e. The van der Waals surface area contributed by atoms with Crippen molar-refractivity contribution < 1.29 is 0 Å².